The number of benzene rings is 1. The summed E-state index contributed by atoms with van der Waals surface area (Å²) in [7, 11) is 1.82. The van der Waals surface area contributed by atoms with Gasteiger partial charge in [-0.1, -0.05) is 23.7 Å². The molecule has 0 aliphatic carbocycles. The Morgan fingerprint density at radius 3 is 2.72 bits per heavy atom. The van der Waals surface area contributed by atoms with Crippen molar-refractivity contribution in [2.24, 2.45) is 5.92 Å². The molecule has 1 aliphatic heterocycles. The summed E-state index contributed by atoms with van der Waals surface area (Å²) in [5.74, 6) is 0.284. The summed E-state index contributed by atoms with van der Waals surface area (Å²) in [5, 5.41) is 3.34. The molecule has 138 valence electrons. The number of nitrogens with one attached hydrogen (secondary N) is 1. The fraction of sp³-hybridized carbons (Fsp3) is 0.579. The van der Waals surface area contributed by atoms with E-state index in [0.717, 1.165) is 44.0 Å². The normalized spacial score (nSPS) is 18.0. The van der Waals surface area contributed by atoms with E-state index in [0.29, 0.717) is 5.92 Å². The monoisotopic (exact) mass is 365 g/mol. The maximum absolute atomic E-state index is 12.0. The highest BCUT2D eigenvalue weighted by molar-refractivity contribution is 6.30. The standard InChI is InChI=1S/C19H28ClN3O2/c1-15(24)21-12-19(25)22(2)13-17-4-3-10-23(14-17)11-9-16-5-7-18(20)8-6-16/h5-8,17H,3-4,9-14H2,1-2H3,(H,21,24). The van der Waals surface area contributed by atoms with Crippen molar-refractivity contribution in [1.29, 1.82) is 0 Å². The summed E-state index contributed by atoms with van der Waals surface area (Å²) in [4.78, 5) is 27.2. The molecule has 1 heterocycles. The zero-order chi connectivity index (χ0) is 18.2. The van der Waals surface area contributed by atoms with Gasteiger partial charge in [0, 0.05) is 38.6 Å². The van der Waals surface area contributed by atoms with Crippen molar-refractivity contribution in [2.75, 3.05) is 39.8 Å². The Labute approximate surface area is 155 Å². The number of likely N-dealkylation sites (N-methyl/N-ethyl adjacent to an activating group) is 1. The minimum atomic E-state index is -0.173. The van der Waals surface area contributed by atoms with E-state index in [2.05, 4.69) is 22.3 Å². The predicted octanol–water partition coefficient (Wildman–Crippen LogP) is 2.19. The molecule has 0 radical (unpaired) electrons. The van der Waals surface area contributed by atoms with Gasteiger partial charge in [0.2, 0.25) is 11.8 Å². The molecule has 2 rings (SSSR count). The van der Waals surface area contributed by atoms with Gasteiger partial charge in [-0.15, -0.1) is 0 Å². The second-order valence-corrected chi connectivity index (χ2v) is 7.31. The van der Waals surface area contributed by atoms with Crippen LogP contribution in [0.25, 0.3) is 0 Å². The number of rotatable bonds is 7. The summed E-state index contributed by atoms with van der Waals surface area (Å²) >= 11 is 5.93. The van der Waals surface area contributed by atoms with Crippen LogP contribution in [-0.2, 0) is 16.0 Å². The second kappa shape index (κ2) is 9.78. The van der Waals surface area contributed by atoms with Gasteiger partial charge >= 0.3 is 0 Å². The lowest BCUT2D eigenvalue weighted by Crippen LogP contribution is -2.44. The third-order valence-corrected chi connectivity index (χ3v) is 4.93. The fourth-order valence-electron chi connectivity index (χ4n) is 3.27. The number of likely N-dealkylation sites (tertiary alicyclic amines) is 1. The molecular formula is C19H28ClN3O2. The quantitative estimate of drug-likeness (QED) is 0.805. The van der Waals surface area contributed by atoms with Crippen LogP contribution in [0.4, 0.5) is 0 Å². The minimum Gasteiger partial charge on any atom is -0.347 e. The maximum Gasteiger partial charge on any atom is 0.241 e. The van der Waals surface area contributed by atoms with Gasteiger partial charge in [-0.05, 0) is 49.4 Å². The van der Waals surface area contributed by atoms with E-state index < -0.39 is 0 Å². The Bertz CT molecular complexity index is 577. The van der Waals surface area contributed by atoms with E-state index in [1.807, 2.05) is 19.2 Å². The average molecular weight is 366 g/mol. The number of carbonyl (C=O) groups excluding carboxylic acids is 2. The van der Waals surface area contributed by atoms with Crippen molar-refractivity contribution in [2.45, 2.75) is 26.2 Å². The van der Waals surface area contributed by atoms with E-state index in [1.54, 1.807) is 4.90 Å². The Kier molecular flexibility index (Phi) is 7.72. The first-order valence-corrected chi connectivity index (χ1v) is 9.27. The van der Waals surface area contributed by atoms with Crippen molar-refractivity contribution in [3.05, 3.63) is 34.9 Å². The highest BCUT2D eigenvalue weighted by atomic mass is 35.5. The SMILES string of the molecule is CC(=O)NCC(=O)N(C)CC1CCCN(CCc2ccc(Cl)cc2)C1. The molecule has 1 atom stereocenters. The molecule has 0 aromatic heterocycles. The van der Waals surface area contributed by atoms with Crippen LogP contribution < -0.4 is 5.32 Å². The van der Waals surface area contributed by atoms with Gasteiger partial charge in [0.25, 0.3) is 0 Å². The zero-order valence-electron chi connectivity index (χ0n) is 15.1. The van der Waals surface area contributed by atoms with Gasteiger partial charge in [-0.25, -0.2) is 0 Å². The Morgan fingerprint density at radius 2 is 2.04 bits per heavy atom. The molecular weight excluding hydrogens is 338 g/mol. The zero-order valence-corrected chi connectivity index (χ0v) is 15.9. The van der Waals surface area contributed by atoms with E-state index >= 15 is 0 Å². The van der Waals surface area contributed by atoms with Crippen molar-refractivity contribution in [3.63, 3.8) is 0 Å². The number of halogens is 1. The molecule has 1 N–H and O–H groups in total. The largest absolute Gasteiger partial charge is 0.347 e. The Balaban J connectivity index is 1.75. The molecule has 1 aromatic carbocycles. The molecule has 0 bridgehead atoms. The molecule has 6 heteroatoms. The molecule has 1 unspecified atom stereocenters. The lowest BCUT2D eigenvalue weighted by molar-refractivity contribution is -0.132. The molecule has 1 saturated heterocycles. The number of hydrogen-bond donors (Lipinski definition) is 1. The van der Waals surface area contributed by atoms with Gasteiger partial charge in [-0.3, -0.25) is 9.59 Å². The highest BCUT2D eigenvalue weighted by Crippen LogP contribution is 2.18. The van der Waals surface area contributed by atoms with Gasteiger partial charge in [-0.2, -0.15) is 0 Å². The lowest BCUT2D eigenvalue weighted by atomic mass is 9.97. The van der Waals surface area contributed by atoms with Crippen molar-refractivity contribution >= 4 is 23.4 Å². The van der Waals surface area contributed by atoms with Gasteiger partial charge in [0.1, 0.15) is 0 Å². The van der Waals surface area contributed by atoms with E-state index in [-0.39, 0.29) is 18.4 Å². The highest BCUT2D eigenvalue weighted by Gasteiger charge is 2.22. The van der Waals surface area contributed by atoms with Crippen LogP contribution in [0.1, 0.15) is 25.3 Å². The van der Waals surface area contributed by atoms with E-state index in [4.69, 9.17) is 11.6 Å². The summed E-state index contributed by atoms with van der Waals surface area (Å²) in [5.41, 5.74) is 1.30. The third-order valence-electron chi connectivity index (χ3n) is 4.68. The predicted molar refractivity (Wildman–Crippen MR) is 101 cm³/mol. The minimum absolute atomic E-state index is 0.0338. The van der Waals surface area contributed by atoms with Crippen LogP contribution in [0.15, 0.2) is 24.3 Å². The molecule has 1 aliphatic rings. The van der Waals surface area contributed by atoms with Gasteiger partial charge < -0.3 is 15.1 Å². The second-order valence-electron chi connectivity index (χ2n) is 6.87. The third kappa shape index (κ3) is 7.04. The van der Waals surface area contributed by atoms with Crippen molar-refractivity contribution in [3.8, 4) is 0 Å². The van der Waals surface area contributed by atoms with E-state index in [1.165, 1.54) is 18.9 Å². The summed E-state index contributed by atoms with van der Waals surface area (Å²) < 4.78 is 0. The molecule has 2 amide bonds. The maximum atomic E-state index is 12.0. The molecule has 0 saturated carbocycles. The summed E-state index contributed by atoms with van der Waals surface area (Å²) in [6.07, 6.45) is 3.33. The number of piperidine rings is 1. The molecule has 25 heavy (non-hydrogen) atoms. The van der Waals surface area contributed by atoms with Crippen LogP contribution in [-0.4, -0.2) is 61.4 Å². The van der Waals surface area contributed by atoms with Crippen LogP contribution >= 0.6 is 11.6 Å². The van der Waals surface area contributed by atoms with Gasteiger partial charge in [0.15, 0.2) is 0 Å². The number of amides is 2. The van der Waals surface area contributed by atoms with Crippen molar-refractivity contribution in [1.82, 2.24) is 15.1 Å². The topological polar surface area (TPSA) is 52.7 Å². The molecule has 1 fully saturated rings. The van der Waals surface area contributed by atoms with Crippen LogP contribution in [0.5, 0.6) is 0 Å². The summed E-state index contributed by atoms with van der Waals surface area (Å²) in [6, 6.07) is 8.04. The molecule has 5 nitrogen and oxygen atoms in total. The van der Waals surface area contributed by atoms with Crippen molar-refractivity contribution < 1.29 is 9.59 Å². The summed E-state index contributed by atoms with van der Waals surface area (Å²) in [6.45, 7) is 5.42. The average Bonchev–Trinajstić information content (AvgIpc) is 2.59. The van der Waals surface area contributed by atoms with Crippen LogP contribution in [0, 0.1) is 5.92 Å². The number of hydrogen-bond acceptors (Lipinski definition) is 3. The van der Waals surface area contributed by atoms with Crippen LogP contribution in [0.2, 0.25) is 5.02 Å². The first kappa shape index (κ1) is 19.7. The number of carbonyl (C=O) groups is 2. The Hall–Kier alpha value is -1.59. The first-order chi connectivity index (χ1) is 11.9. The molecule has 1 aromatic rings. The first-order valence-electron chi connectivity index (χ1n) is 8.89. The Morgan fingerprint density at radius 1 is 1.32 bits per heavy atom. The fourth-order valence-corrected chi connectivity index (χ4v) is 3.39. The van der Waals surface area contributed by atoms with Crippen LogP contribution in [0.3, 0.4) is 0 Å². The smallest absolute Gasteiger partial charge is 0.241 e. The lowest BCUT2D eigenvalue weighted by Gasteiger charge is -2.34. The van der Waals surface area contributed by atoms with Gasteiger partial charge in [0.05, 0.1) is 6.54 Å². The van der Waals surface area contributed by atoms with E-state index in [9.17, 15) is 9.59 Å². The number of nitrogens with zero attached hydrogens (tertiary/aromatic N) is 2. The molecule has 0 spiro atoms.